The van der Waals surface area contributed by atoms with Crippen molar-refractivity contribution >= 4 is 11.9 Å². The van der Waals surface area contributed by atoms with Gasteiger partial charge in [0.1, 0.15) is 17.9 Å². The lowest BCUT2D eigenvalue weighted by molar-refractivity contribution is -0.156. The Hall–Kier alpha value is -2.08. The van der Waals surface area contributed by atoms with Gasteiger partial charge < -0.3 is 20.5 Å². The summed E-state index contributed by atoms with van der Waals surface area (Å²) < 4.78 is 5.44. The van der Waals surface area contributed by atoms with Crippen LogP contribution in [0.5, 0.6) is 5.75 Å². The molecule has 0 aromatic heterocycles. The van der Waals surface area contributed by atoms with E-state index in [1.165, 1.54) is 0 Å². The molecule has 1 amide bonds. The molecule has 0 radical (unpaired) electrons. The summed E-state index contributed by atoms with van der Waals surface area (Å²) in [6.07, 6.45) is 3.15. The predicted octanol–water partition coefficient (Wildman–Crippen LogP) is 1.12. The summed E-state index contributed by atoms with van der Waals surface area (Å²) in [5.74, 6) is -0.489. The first-order valence-electron chi connectivity index (χ1n) is 7.95. The second kappa shape index (κ2) is 7.97. The molecule has 1 aromatic rings. The maximum atomic E-state index is 12.4. The van der Waals surface area contributed by atoms with Crippen LogP contribution in [0.1, 0.15) is 31.7 Å². The molecule has 1 aliphatic rings. The molecule has 1 saturated carbocycles. The molecule has 0 bridgehead atoms. The van der Waals surface area contributed by atoms with E-state index in [0.29, 0.717) is 6.42 Å². The van der Waals surface area contributed by atoms with Crippen LogP contribution in [0.15, 0.2) is 24.3 Å². The first kappa shape index (κ1) is 17.3. The van der Waals surface area contributed by atoms with Gasteiger partial charge in [-0.2, -0.15) is 0 Å². The van der Waals surface area contributed by atoms with Crippen LogP contribution < -0.4 is 10.6 Å². The van der Waals surface area contributed by atoms with Crippen molar-refractivity contribution in [3.63, 3.8) is 0 Å². The highest BCUT2D eigenvalue weighted by molar-refractivity contribution is 5.87. The standard InChI is InChI=1S/C17H24N2O4/c1-11(18-2)16(21)19-15(17(22)23-14-4-3-5-14)10-12-6-8-13(20)9-7-12/h6-9,11,14-15,18,20H,3-5,10H2,1-2H3,(H,19,21)/t11?,15-/m0/s1. The second-order valence-corrected chi connectivity index (χ2v) is 5.93. The van der Waals surface area contributed by atoms with E-state index in [0.717, 1.165) is 24.8 Å². The molecule has 1 aromatic carbocycles. The van der Waals surface area contributed by atoms with Crippen molar-refractivity contribution in [3.05, 3.63) is 29.8 Å². The highest BCUT2D eigenvalue weighted by Crippen LogP contribution is 2.22. The third kappa shape index (κ3) is 4.96. The van der Waals surface area contributed by atoms with Crippen molar-refractivity contribution in [2.75, 3.05) is 7.05 Å². The highest BCUT2D eigenvalue weighted by atomic mass is 16.5. The number of esters is 1. The molecule has 0 spiro atoms. The van der Waals surface area contributed by atoms with Crippen molar-refractivity contribution in [3.8, 4) is 5.75 Å². The zero-order valence-corrected chi connectivity index (χ0v) is 13.5. The van der Waals surface area contributed by atoms with E-state index < -0.39 is 18.1 Å². The summed E-state index contributed by atoms with van der Waals surface area (Å²) in [6.45, 7) is 1.73. The lowest BCUT2D eigenvalue weighted by Gasteiger charge is -2.28. The van der Waals surface area contributed by atoms with Gasteiger partial charge in [-0.25, -0.2) is 4.79 Å². The molecule has 1 unspecified atom stereocenters. The van der Waals surface area contributed by atoms with Gasteiger partial charge in [0, 0.05) is 6.42 Å². The Bertz CT molecular complexity index is 540. The molecule has 0 aliphatic heterocycles. The Morgan fingerprint density at radius 1 is 1.30 bits per heavy atom. The maximum Gasteiger partial charge on any atom is 0.329 e. The van der Waals surface area contributed by atoms with Gasteiger partial charge in [0.15, 0.2) is 0 Å². The van der Waals surface area contributed by atoms with Gasteiger partial charge in [-0.05, 0) is 50.9 Å². The minimum atomic E-state index is -0.733. The number of nitrogens with one attached hydrogen (secondary N) is 2. The fraction of sp³-hybridized carbons (Fsp3) is 0.529. The summed E-state index contributed by atoms with van der Waals surface area (Å²) in [6, 6.07) is 5.44. The number of phenols is 1. The molecule has 6 heteroatoms. The molecular weight excluding hydrogens is 296 g/mol. The van der Waals surface area contributed by atoms with E-state index in [9.17, 15) is 14.7 Å². The molecule has 3 N–H and O–H groups in total. The lowest BCUT2D eigenvalue weighted by Crippen LogP contribution is -2.50. The smallest absolute Gasteiger partial charge is 0.329 e. The maximum absolute atomic E-state index is 12.4. The molecule has 0 saturated heterocycles. The number of hydrogen-bond donors (Lipinski definition) is 3. The van der Waals surface area contributed by atoms with E-state index >= 15 is 0 Å². The minimum absolute atomic E-state index is 0.0246. The highest BCUT2D eigenvalue weighted by Gasteiger charge is 2.29. The number of likely N-dealkylation sites (N-methyl/N-ethyl adjacent to an activating group) is 1. The third-order valence-electron chi connectivity index (χ3n) is 4.14. The van der Waals surface area contributed by atoms with Crippen LogP contribution in [0, 0.1) is 0 Å². The Kier molecular flexibility index (Phi) is 5.98. The second-order valence-electron chi connectivity index (χ2n) is 5.93. The molecule has 1 fully saturated rings. The van der Waals surface area contributed by atoms with E-state index in [1.807, 2.05) is 0 Å². The summed E-state index contributed by atoms with van der Waals surface area (Å²) in [7, 11) is 1.69. The Balaban J connectivity index is 2.04. The number of phenolic OH excluding ortho intramolecular Hbond substituents is 1. The van der Waals surface area contributed by atoms with Gasteiger partial charge in [-0.3, -0.25) is 4.79 Å². The first-order valence-corrected chi connectivity index (χ1v) is 7.95. The number of ether oxygens (including phenoxy) is 1. The van der Waals surface area contributed by atoms with Gasteiger partial charge in [-0.15, -0.1) is 0 Å². The molecule has 126 valence electrons. The van der Waals surface area contributed by atoms with Gasteiger partial charge in [0.25, 0.3) is 0 Å². The van der Waals surface area contributed by atoms with Crippen molar-refractivity contribution in [1.29, 1.82) is 0 Å². The molecule has 0 heterocycles. The fourth-order valence-electron chi connectivity index (χ4n) is 2.22. The number of rotatable bonds is 7. The molecular formula is C17H24N2O4. The van der Waals surface area contributed by atoms with Crippen molar-refractivity contribution in [2.24, 2.45) is 0 Å². The number of carbonyl (C=O) groups excluding carboxylic acids is 2. The van der Waals surface area contributed by atoms with Gasteiger partial charge in [-0.1, -0.05) is 12.1 Å². The first-order chi connectivity index (χ1) is 11.0. The van der Waals surface area contributed by atoms with E-state index in [1.54, 1.807) is 38.2 Å². The zero-order chi connectivity index (χ0) is 16.8. The molecule has 6 nitrogen and oxygen atoms in total. The van der Waals surface area contributed by atoms with Crippen LogP contribution in [0.25, 0.3) is 0 Å². The number of benzene rings is 1. The average molecular weight is 320 g/mol. The third-order valence-corrected chi connectivity index (χ3v) is 4.14. The van der Waals surface area contributed by atoms with Crippen molar-refractivity contribution in [2.45, 2.75) is 50.8 Å². The van der Waals surface area contributed by atoms with E-state index in [2.05, 4.69) is 10.6 Å². The summed E-state index contributed by atoms with van der Waals surface area (Å²) in [5.41, 5.74) is 0.843. The molecule has 23 heavy (non-hydrogen) atoms. The van der Waals surface area contributed by atoms with E-state index in [4.69, 9.17) is 4.74 Å². The largest absolute Gasteiger partial charge is 0.508 e. The monoisotopic (exact) mass is 320 g/mol. The molecule has 2 rings (SSSR count). The van der Waals surface area contributed by atoms with Crippen LogP contribution >= 0.6 is 0 Å². The van der Waals surface area contributed by atoms with Crippen LogP contribution in [-0.2, 0) is 20.7 Å². The van der Waals surface area contributed by atoms with Crippen LogP contribution in [0.3, 0.4) is 0 Å². The molecule has 1 aliphatic carbocycles. The number of hydrogen-bond acceptors (Lipinski definition) is 5. The normalized spacial score (nSPS) is 17.0. The number of aromatic hydroxyl groups is 1. The van der Waals surface area contributed by atoms with Gasteiger partial charge in [0.05, 0.1) is 6.04 Å². The van der Waals surface area contributed by atoms with Crippen molar-refractivity contribution < 1.29 is 19.4 Å². The fourth-order valence-corrected chi connectivity index (χ4v) is 2.22. The quantitative estimate of drug-likeness (QED) is 0.655. The zero-order valence-electron chi connectivity index (χ0n) is 13.5. The number of amides is 1. The Labute approximate surface area is 136 Å². The molecule has 2 atom stereocenters. The Morgan fingerprint density at radius 3 is 2.48 bits per heavy atom. The lowest BCUT2D eigenvalue weighted by atomic mass is 9.96. The van der Waals surface area contributed by atoms with Crippen molar-refractivity contribution in [1.82, 2.24) is 10.6 Å². The van der Waals surface area contributed by atoms with Gasteiger partial charge in [0.2, 0.25) is 5.91 Å². The Morgan fingerprint density at radius 2 is 1.96 bits per heavy atom. The minimum Gasteiger partial charge on any atom is -0.508 e. The summed E-state index contributed by atoms with van der Waals surface area (Å²) >= 11 is 0. The SMILES string of the molecule is CNC(C)C(=O)N[C@@H](Cc1ccc(O)cc1)C(=O)OC1CCC1. The van der Waals surface area contributed by atoms with Gasteiger partial charge >= 0.3 is 5.97 Å². The number of carbonyl (C=O) groups is 2. The van der Waals surface area contributed by atoms with Crippen LogP contribution in [0.4, 0.5) is 0 Å². The summed E-state index contributed by atoms with van der Waals surface area (Å²) in [4.78, 5) is 24.4. The van der Waals surface area contributed by atoms with Crippen LogP contribution in [0.2, 0.25) is 0 Å². The average Bonchev–Trinajstić information content (AvgIpc) is 2.51. The van der Waals surface area contributed by atoms with Crippen LogP contribution in [-0.4, -0.2) is 42.2 Å². The predicted molar refractivity (Wildman–Crippen MR) is 86.0 cm³/mol. The topological polar surface area (TPSA) is 87.7 Å². The summed E-state index contributed by atoms with van der Waals surface area (Å²) in [5, 5.41) is 14.9. The van der Waals surface area contributed by atoms with E-state index in [-0.39, 0.29) is 17.8 Å².